The number of hydrogen-bond acceptors (Lipinski definition) is 4. The van der Waals surface area contributed by atoms with Gasteiger partial charge in [0.15, 0.2) is 0 Å². The number of anilines is 1. The Morgan fingerprint density at radius 3 is 2.71 bits per heavy atom. The lowest BCUT2D eigenvalue weighted by Gasteiger charge is -2.08. The van der Waals surface area contributed by atoms with Crippen LogP contribution in [0.1, 0.15) is 27.2 Å². The number of ether oxygens (including phenoxy) is 1. The second-order valence-electron chi connectivity index (χ2n) is 5.51. The molecule has 0 aliphatic rings. The second kappa shape index (κ2) is 7.00. The Bertz CT molecular complexity index is 841. The van der Waals surface area contributed by atoms with Gasteiger partial charge in [-0.15, -0.1) is 0 Å². The predicted molar refractivity (Wildman–Crippen MR) is 91.1 cm³/mol. The minimum Gasteiger partial charge on any atom is -0.471 e. The summed E-state index contributed by atoms with van der Waals surface area (Å²) in [5.74, 6) is 0.0368. The molecule has 0 aliphatic heterocycles. The van der Waals surface area contributed by atoms with E-state index in [1.807, 2.05) is 62.4 Å². The van der Waals surface area contributed by atoms with Gasteiger partial charge in [0.2, 0.25) is 5.76 Å². The van der Waals surface area contributed by atoms with Crippen LogP contribution in [0.25, 0.3) is 0 Å². The highest BCUT2D eigenvalue weighted by Gasteiger charge is 2.15. The summed E-state index contributed by atoms with van der Waals surface area (Å²) in [5, 5.41) is 6.60. The van der Waals surface area contributed by atoms with Crippen LogP contribution in [0, 0.1) is 13.8 Å². The zero-order valence-electron chi connectivity index (χ0n) is 13.6. The fourth-order valence-corrected chi connectivity index (χ4v) is 2.24. The van der Waals surface area contributed by atoms with Gasteiger partial charge in [0.1, 0.15) is 6.61 Å². The number of nitrogens with one attached hydrogen (secondary N) is 1. The molecule has 0 saturated heterocycles. The topological polar surface area (TPSA) is 64.4 Å². The Morgan fingerprint density at radius 2 is 1.92 bits per heavy atom. The molecule has 5 nitrogen and oxygen atoms in total. The molecule has 0 radical (unpaired) electrons. The van der Waals surface area contributed by atoms with Crippen LogP contribution in [0.15, 0.2) is 59.1 Å². The number of aryl methyl sites for hydroxylation is 1. The highest BCUT2D eigenvalue weighted by molar-refractivity contribution is 6.02. The molecule has 2 aromatic carbocycles. The molecule has 1 heterocycles. The molecular formula is C19H18N2O3. The van der Waals surface area contributed by atoms with E-state index in [1.165, 1.54) is 6.07 Å². The SMILES string of the molecule is Cc1cccc(NC(=O)c2cc(OCc3ccccc3)no2)c1C. The van der Waals surface area contributed by atoms with Crippen LogP contribution in [0.5, 0.6) is 5.88 Å². The Labute approximate surface area is 140 Å². The predicted octanol–water partition coefficient (Wildman–Crippen LogP) is 4.12. The van der Waals surface area contributed by atoms with Crippen molar-refractivity contribution in [1.82, 2.24) is 5.16 Å². The molecular weight excluding hydrogens is 304 g/mol. The zero-order chi connectivity index (χ0) is 16.9. The molecule has 0 spiro atoms. The van der Waals surface area contributed by atoms with Crippen molar-refractivity contribution in [1.29, 1.82) is 0 Å². The minimum absolute atomic E-state index is 0.110. The number of amides is 1. The molecule has 3 aromatic rings. The molecule has 122 valence electrons. The average Bonchev–Trinajstić information content (AvgIpc) is 3.07. The van der Waals surface area contributed by atoms with Crippen LogP contribution in [0.2, 0.25) is 0 Å². The molecule has 5 heteroatoms. The van der Waals surface area contributed by atoms with E-state index < -0.39 is 0 Å². The van der Waals surface area contributed by atoms with Crippen molar-refractivity contribution in [2.45, 2.75) is 20.5 Å². The highest BCUT2D eigenvalue weighted by atomic mass is 16.5. The number of hydrogen-bond donors (Lipinski definition) is 1. The van der Waals surface area contributed by atoms with Crippen LogP contribution in [0.3, 0.4) is 0 Å². The first kappa shape index (κ1) is 15.8. The van der Waals surface area contributed by atoms with E-state index in [4.69, 9.17) is 9.26 Å². The van der Waals surface area contributed by atoms with Crippen molar-refractivity contribution in [3.8, 4) is 5.88 Å². The van der Waals surface area contributed by atoms with Crippen molar-refractivity contribution in [2.24, 2.45) is 0 Å². The van der Waals surface area contributed by atoms with Crippen LogP contribution >= 0.6 is 0 Å². The summed E-state index contributed by atoms with van der Waals surface area (Å²) in [6, 6.07) is 16.9. The van der Waals surface area contributed by atoms with Gasteiger partial charge in [-0.1, -0.05) is 42.5 Å². The summed E-state index contributed by atoms with van der Waals surface area (Å²) in [6.45, 7) is 4.32. The normalized spacial score (nSPS) is 10.4. The summed E-state index contributed by atoms with van der Waals surface area (Å²) < 4.78 is 10.6. The first-order valence-electron chi connectivity index (χ1n) is 7.64. The molecule has 0 fully saturated rings. The number of aromatic nitrogens is 1. The van der Waals surface area contributed by atoms with E-state index in [9.17, 15) is 4.79 Å². The number of benzene rings is 2. The van der Waals surface area contributed by atoms with Crippen LogP contribution < -0.4 is 10.1 Å². The summed E-state index contributed by atoms with van der Waals surface area (Å²) in [4.78, 5) is 12.3. The van der Waals surface area contributed by atoms with Gasteiger partial charge >= 0.3 is 0 Å². The van der Waals surface area contributed by atoms with Gasteiger partial charge in [0, 0.05) is 5.69 Å². The van der Waals surface area contributed by atoms with Crippen molar-refractivity contribution < 1.29 is 14.1 Å². The van der Waals surface area contributed by atoms with Crippen LogP contribution in [-0.4, -0.2) is 11.1 Å². The highest BCUT2D eigenvalue weighted by Crippen LogP contribution is 2.20. The molecule has 1 aromatic heterocycles. The number of carbonyl (C=O) groups excluding carboxylic acids is 1. The third-order valence-electron chi connectivity index (χ3n) is 3.79. The van der Waals surface area contributed by atoms with E-state index in [1.54, 1.807) is 0 Å². The zero-order valence-corrected chi connectivity index (χ0v) is 13.6. The number of rotatable bonds is 5. The Balaban J connectivity index is 1.64. The van der Waals surface area contributed by atoms with Gasteiger partial charge in [-0.05, 0) is 41.8 Å². The smallest absolute Gasteiger partial charge is 0.294 e. The summed E-state index contributed by atoms with van der Waals surface area (Å²) in [5.41, 5.74) is 3.90. The molecule has 1 N–H and O–H groups in total. The summed E-state index contributed by atoms with van der Waals surface area (Å²) >= 11 is 0. The molecule has 0 saturated carbocycles. The lowest BCUT2D eigenvalue weighted by molar-refractivity contribution is 0.0987. The maximum absolute atomic E-state index is 12.3. The van der Waals surface area contributed by atoms with Crippen molar-refractivity contribution in [3.63, 3.8) is 0 Å². The van der Waals surface area contributed by atoms with Gasteiger partial charge < -0.3 is 14.6 Å². The fourth-order valence-electron chi connectivity index (χ4n) is 2.24. The van der Waals surface area contributed by atoms with E-state index in [-0.39, 0.29) is 17.5 Å². The average molecular weight is 322 g/mol. The lowest BCUT2D eigenvalue weighted by Crippen LogP contribution is -2.12. The number of carbonyl (C=O) groups is 1. The quantitative estimate of drug-likeness (QED) is 0.767. The van der Waals surface area contributed by atoms with E-state index >= 15 is 0 Å². The maximum atomic E-state index is 12.3. The second-order valence-corrected chi connectivity index (χ2v) is 5.51. The molecule has 3 rings (SSSR count). The van der Waals surface area contributed by atoms with Crippen LogP contribution in [0.4, 0.5) is 5.69 Å². The minimum atomic E-state index is -0.356. The van der Waals surface area contributed by atoms with Crippen LogP contribution in [-0.2, 0) is 6.61 Å². The molecule has 0 unspecified atom stereocenters. The third kappa shape index (κ3) is 3.63. The molecule has 1 amide bonds. The molecule has 0 bridgehead atoms. The van der Waals surface area contributed by atoms with E-state index in [0.717, 1.165) is 22.4 Å². The fraction of sp³-hybridized carbons (Fsp3) is 0.158. The summed E-state index contributed by atoms with van der Waals surface area (Å²) in [6.07, 6.45) is 0. The van der Waals surface area contributed by atoms with Gasteiger partial charge in [-0.25, -0.2) is 0 Å². The van der Waals surface area contributed by atoms with E-state index in [2.05, 4.69) is 10.5 Å². The molecule has 0 atom stereocenters. The van der Waals surface area contributed by atoms with Crippen molar-refractivity contribution in [2.75, 3.05) is 5.32 Å². The Morgan fingerprint density at radius 1 is 1.12 bits per heavy atom. The first-order valence-corrected chi connectivity index (χ1v) is 7.64. The van der Waals surface area contributed by atoms with Crippen molar-refractivity contribution in [3.05, 3.63) is 77.0 Å². The standard InChI is InChI=1S/C19H18N2O3/c1-13-7-6-10-16(14(13)2)20-19(22)17-11-18(21-24-17)23-12-15-8-4-3-5-9-15/h3-11H,12H2,1-2H3,(H,20,22). The first-order chi connectivity index (χ1) is 11.6. The molecule has 24 heavy (non-hydrogen) atoms. The largest absolute Gasteiger partial charge is 0.471 e. The third-order valence-corrected chi connectivity index (χ3v) is 3.79. The van der Waals surface area contributed by atoms with E-state index in [0.29, 0.717) is 6.61 Å². The van der Waals surface area contributed by atoms with Gasteiger partial charge in [-0.3, -0.25) is 4.79 Å². The maximum Gasteiger partial charge on any atom is 0.294 e. The number of nitrogens with zero attached hydrogens (tertiary/aromatic N) is 1. The van der Waals surface area contributed by atoms with Gasteiger partial charge in [0.05, 0.1) is 6.07 Å². The van der Waals surface area contributed by atoms with Crippen molar-refractivity contribution >= 4 is 11.6 Å². The monoisotopic (exact) mass is 322 g/mol. The Kier molecular flexibility index (Phi) is 4.61. The van der Waals surface area contributed by atoms with Gasteiger partial charge in [0.25, 0.3) is 11.8 Å². The summed E-state index contributed by atoms with van der Waals surface area (Å²) in [7, 11) is 0. The lowest BCUT2D eigenvalue weighted by atomic mass is 10.1. The van der Waals surface area contributed by atoms with Gasteiger partial charge in [-0.2, -0.15) is 0 Å². The Hall–Kier alpha value is -3.08. The molecule has 0 aliphatic carbocycles.